The molecular weight excluding hydrogens is 500 g/mol. The molecule has 0 aliphatic rings. The molecule has 29 heavy (non-hydrogen) atoms. The van der Waals surface area contributed by atoms with Crippen LogP contribution in [0.2, 0.25) is 0 Å². The Balaban J connectivity index is 0.00000420. The molecule has 0 atom stereocenters. The number of hydrogen-bond acceptors (Lipinski definition) is 3. The van der Waals surface area contributed by atoms with Crippen molar-refractivity contribution in [2.45, 2.75) is 52.5 Å². The second-order valence-electron chi connectivity index (χ2n) is 6.60. The van der Waals surface area contributed by atoms with E-state index in [1.165, 1.54) is 17.3 Å². The van der Waals surface area contributed by atoms with E-state index in [9.17, 15) is 4.39 Å². The molecule has 2 rings (SSSR count). The highest BCUT2D eigenvalue weighted by Gasteiger charge is 2.14. The number of thioether (sulfide) groups is 1. The Morgan fingerprint density at radius 2 is 1.93 bits per heavy atom. The summed E-state index contributed by atoms with van der Waals surface area (Å²) in [6.07, 6.45) is 3.88. The van der Waals surface area contributed by atoms with Crippen LogP contribution in [-0.4, -0.2) is 28.5 Å². The Morgan fingerprint density at radius 3 is 2.55 bits per heavy atom. The largest absolute Gasteiger partial charge is 0.357 e. The smallest absolute Gasteiger partial charge is 0.191 e. The Labute approximate surface area is 195 Å². The van der Waals surface area contributed by atoms with Gasteiger partial charge in [0, 0.05) is 37.1 Å². The molecule has 2 N–H and O–H groups in total. The summed E-state index contributed by atoms with van der Waals surface area (Å²) in [6.45, 7) is 8.31. The molecule has 1 heterocycles. The first-order chi connectivity index (χ1) is 13.5. The number of nitrogens with zero attached hydrogens (tertiary/aromatic N) is 3. The van der Waals surface area contributed by atoms with Gasteiger partial charge in [-0.2, -0.15) is 16.9 Å². The summed E-state index contributed by atoms with van der Waals surface area (Å²) >= 11 is 1.68. The predicted molar refractivity (Wildman–Crippen MR) is 133 cm³/mol. The SMILES string of the molecule is CCNC(=NCc1ccc(F)cc1CSC)NCc1c(CC)nn(C)c1CC.I. The third-order valence-corrected chi connectivity index (χ3v) is 5.28. The molecule has 0 saturated carbocycles. The molecule has 0 fully saturated rings. The molecule has 8 heteroatoms. The number of aromatic nitrogens is 2. The maximum atomic E-state index is 13.6. The molecule has 1 aromatic carbocycles. The van der Waals surface area contributed by atoms with Crippen LogP contribution in [0.1, 0.15) is 48.8 Å². The van der Waals surface area contributed by atoms with E-state index in [-0.39, 0.29) is 29.8 Å². The lowest BCUT2D eigenvalue weighted by Gasteiger charge is -2.13. The molecule has 0 bridgehead atoms. The molecule has 0 aliphatic heterocycles. The van der Waals surface area contributed by atoms with Gasteiger partial charge >= 0.3 is 0 Å². The third-order valence-electron chi connectivity index (χ3n) is 4.68. The van der Waals surface area contributed by atoms with Crippen molar-refractivity contribution >= 4 is 41.7 Å². The van der Waals surface area contributed by atoms with Crippen LogP contribution in [0.5, 0.6) is 0 Å². The van der Waals surface area contributed by atoms with Crippen LogP contribution in [0.15, 0.2) is 23.2 Å². The molecule has 0 aliphatic carbocycles. The standard InChI is InChI=1S/C21H32FN5S.HI/c1-6-19-18(20(7-2)27(4)26-19)13-25-21(23-8-3)24-12-15-9-10-17(22)11-16(15)14-28-5;/h9-11H,6-8,12-14H2,1-5H3,(H2,23,24,25);1H. The number of rotatable bonds is 9. The van der Waals surface area contributed by atoms with Crippen LogP contribution in [0.25, 0.3) is 0 Å². The van der Waals surface area contributed by atoms with Gasteiger partial charge in [0.25, 0.3) is 0 Å². The van der Waals surface area contributed by atoms with Gasteiger partial charge in [0.1, 0.15) is 5.82 Å². The van der Waals surface area contributed by atoms with Crippen LogP contribution >= 0.6 is 35.7 Å². The van der Waals surface area contributed by atoms with Gasteiger partial charge < -0.3 is 10.6 Å². The lowest BCUT2D eigenvalue weighted by Crippen LogP contribution is -2.37. The first kappa shape index (κ1) is 25.7. The van der Waals surface area contributed by atoms with Crippen molar-refractivity contribution in [2.75, 3.05) is 12.8 Å². The van der Waals surface area contributed by atoms with Gasteiger partial charge in [-0.25, -0.2) is 9.38 Å². The van der Waals surface area contributed by atoms with Crippen LogP contribution in [-0.2, 0) is 38.7 Å². The summed E-state index contributed by atoms with van der Waals surface area (Å²) in [5, 5.41) is 11.4. The Morgan fingerprint density at radius 1 is 1.17 bits per heavy atom. The molecule has 0 radical (unpaired) electrons. The minimum atomic E-state index is -0.197. The second-order valence-corrected chi connectivity index (χ2v) is 7.46. The summed E-state index contributed by atoms with van der Waals surface area (Å²) in [5.41, 5.74) is 5.69. The summed E-state index contributed by atoms with van der Waals surface area (Å²) in [7, 11) is 2.00. The Kier molecular flexibility index (Phi) is 11.6. The second kappa shape index (κ2) is 13.1. The lowest BCUT2D eigenvalue weighted by molar-refractivity contribution is 0.625. The summed E-state index contributed by atoms with van der Waals surface area (Å²) in [4.78, 5) is 4.72. The number of guanidine groups is 1. The highest BCUT2D eigenvalue weighted by atomic mass is 127. The van der Waals surface area contributed by atoms with Gasteiger partial charge in [-0.3, -0.25) is 4.68 Å². The Hall–Kier alpha value is -1.29. The van der Waals surface area contributed by atoms with Crippen molar-refractivity contribution in [2.24, 2.45) is 12.0 Å². The van der Waals surface area contributed by atoms with E-state index in [2.05, 4.69) is 29.6 Å². The number of benzene rings is 1. The molecule has 0 saturated heterocycles. The molecule has 0 spiro atoms. The topological polar surface area (TPSA) is 54.2 Å². The van der Waals surface area contributed by atoms with E-state index >= 15 is 0 Å². The average Bonchev–Trinajstić information content (AvgIpc) is 3.00. The predicted octanol–water partition coefficient (Wildman–Crippen LogP) is 4.42. The minimum absolute atomic E-state index is 0. The number of aliphatic imine (C=N–C) groups is 1. The van der Waals surface area contributed by atoms with Crippen molar-refractivity contribution in [3.63, 3.8) is 0 Å². The summed E-state index contributed by atoms with van der Waals surface area (Å²) < 4.78 is 15.5. The third kappa shape index (κ3) is 7.16. The van der Waals surface area contributed by atoms with Gasteiger partial charge in [0.15, 0.2) is 5.96 Å². The van der Waals surface area contributed by atoms with E-state index in [0.717, 1.165) is 47.9 Å². The molecule has 162 valence electrons. The highest BCUT2D eigenvalue weighted by Crippen LogP contribution is 2.18. The lowest BCUT2D eigenvalue weighted by atomic mass is 10.1. The van der Waals surface area contributed by atoms with Crippen molar-refractivity contribution in [3.8, 4) is 0 Å². The highest BCUT2D eigenvalue weighted by molar-refractivity contribution is 14.0. The maximum absolute atomic E-state index is 13.6. The zero-order valence-corrected chi connectivity index (χ0v) is 21.2. The van der Waals surface area contributed by atoms with Crippen LogP contribution in [0, 0.1) is 5.82 Å². The first-order valence-corrected chi connectivity index (χ1v) is 11.2. The molecule has 0 unspecified atom stereocenters. The molecular formula is C21H33FIN5S. The fourth-order valence-corrected chi connectivity index (χ4v) is 3.89. The van der Waals surface area contributed by atoms with Gasteiger partial charge in [0.05, 0.1) is 12.2 Å². The quantitative estimate of drug-likeness (QED) is 0.285. The van der Waals surface area contributed by atoms with Crippen LogP contribution < -0.4 is 10.6 Å². The molecule has 1 aromatic heterocycles. The number of nitrogens with one attached hydrogen (secondary N) is 2. The number of hydrogen-bond donors (Lipinski definition) is 2. The molecule has 2 aromatic rings. The van der Waals surface area contributed by atoms with Crippen LogP contribution in [0.4, 0.5) is 4.39 Å². The monoisotopic (exact) mass is 533 g/mol. The van der Waals surface area contributed by atoms with Gasteiger partial charge in [0.2, 0.25) is 0 Å². The minimum Gasteiger partial charge on any atom is -0.357 e. The molecule has 5 nitrogen and oxygen atoms in total. The van der Waals surface area contributed by atoms with Crippen molar-refractivity contribution < 1.29 is 4.39 Å². The van der Waals surface area contributed by atoms with E-state index in [0.29, 0.717) is 13.1 Å². The van der Waals surface area contributed by atoms with Gasteiger partial charge in [-0.15, -0.1) is 24.0 Å². The number of aryl methyl sites for hydroxylation is 2. The molecule has 0 amide bonds. The van der Waals surface area contributed by atoms with E-state index in [4.69, 9.17) is 4.99 Å². The summed E-state index contributed by atoms with van der Waals surface area (Å²) in [5.74, 6) is 1.34. The van der Waals surface area contributed by atoms with Crippen molar-refractivity contribution in [1.82, 2.24) is 20.4 Å². The normalized spacial score (nSPS) is 11.3. The fraction of sp³-hybridized carbons (Fsp3) is 0.524. The van der Waals surface area contributed by atoms with Crippen LogP contribution in [0.3, 0.4) is 0 Å². The van der Waals surface area contributed by atoms with E-state index in [1.807, 2.05) is 31.0 Å². The van der Waals surface area contributed by atoms with Gasteiger partial charge in [-0.1, -0.05) is 19.9 Å². The van der Waals surface area contributed by atoms with Crippen molar-refractivity contribution in [3.05, 3.63) is 52.1 Å². The maximum Gasteiger partial charge on any atom is 0.191 e. The average molecular weight is 533 g/mol. The van der Waals surface area contributed by atoms with Crippen molar-refractivity contribution in [1.29, 1.82) is 0 Å². The first-order valence-electron chi connectivity index (χ1n) is 9.85. The van der Waals surface area contributed by atoms with Gasteiger partial charge in [-0.05, 0) is 49.3 Å². The zero-order valence-electron chi connectivity index (χ0n) is 18.0. The Bertz CT molecular complexity index is 807. The van der Waals surface area contributed by atoms with E-state index in [1.54, 1.807) is 17.8 Å². The fourth-order valence-electron chi connectivity index (χ4n) is 3.31. The number of halogens is 2. The van der Waals surface area contributed by atoms with E-state index < -0.39 is 0 Å². The zero-order chi connectivity index (χ0) is 20.5. The summed E-state index contributed by atoms with van der Waals surface area (Å²) in [6, 6.07) is 4.95.